The minimum absolute atomic E-state index is 0.228. The van der Waals surface area contributed by atoms with E-state index in [1.165, 1.54) is 11.1 Å². The summed E-state index contributed by atoms with van der Waals surface area (Å²) >= 11 is 0. The number of rotatable bonds is 4. The van der Waals surface area contributed by atoms with Gasteiger partial charge >= 0.3 is 0 Å². The third-order valence-electron chi connectivity index (χ3n) is 5.15. The highest BCUT2D eigenvalue weighted by molar-refractivity contribution is 5.54. The van der Waals surface area contributed by atoms with Gasteiger partial charge in [0.25, 0.3) is 0 Å². The van der Waals surface area contributed by atoms with Gasteiger partial charge in [-0.25, -0.2) is 15.0 Å². The Balaban J connectivity index is 1.62. The van der Waals surface area contributed by atoms with Gasteiger partial charge in [0.15, 0.2) is 0 Å². The zero-order valence-corrected chi connectivity index (χ0v) is 16.1. The number of fused-ring (bicyclic) bond motifs is 1. The number of benzene rings is 1. The highest BCUT2D eigenvalue weighted by atomic mass is 15.2. The van der Waals surface area contributed by atoms with Crippen molar-refractivity contribution in [1.82, 2.24) is 15.0 Å². The van der Waals surface area contributed by atoms with Crippen LogP contribution in [0.2, 0.25) is 0 Å². The van der Waals surface area contributed by atoms with Gasteiger partial charge in [-0.1, -0.05) is 36.4 Å². The molecule has 0 amide bonds. The fourth-order valence-corrected chi connectivity index (χ4v) is 3.51. The minimum atomic E-state index is -0.228. The van der Waals surface area contributed by atoms with Gasteiger partial charge in [0.2, 0.25) is 0 Å². The van der Waals surface area contributed by atoms with E-state index in [-0.39, 0.29) is 5.54 Å². The van der Waals surface area contributed by atoms with Crippen LogP contribution in [0.1, 0.15) is 36.2 Å². The van der Waals surface area contributed by atoms with Crippen molar-refractivity contribution < 1.29 is 0 Å². The topological polar surface area (TPSA) is 53.9 Å². The average molecular weight is 359 g/mol. The van der Waals surface area contributed by atoms with Gasteiger partial charge in [-0.3, -0.25) is 0 Å². The molecule has 1 aliphatic heterocycles. The summed E-state index contributed by atoms with van der Waals surface area (Å²) in [5.41, 5.74) is 4.46. The summed E-state index contributed by atoms with van der Waals surface area (Å²) in [5, 5.41) is 3.65. The van der Waals surface area contributed by atoms with Crippen LogP contribution in [0.15, 0.2) is 55.0 Å². The highest BCUT2D eigenvalue weighted by Crippen LogP contribution is 2.30. The van der Waals surface area contributed by atoms with Crippen LogP contribution in [0.3, 0.4) is 0 Å². The van der Waals surface area contributed by atoms with Gasteiger partial charge in [0.1, 0.15) is 18.0 Å². The predicted octanol–water partition coefficient (Wildman–Crippen LogP) is 4.09. The van der Waals surface area contributed by atoms with E-state index in [0.29, 0.717) is 0 Å². The molecule has 27 heavy (non-hydrogen) atoms. The molecule has 4 rings (SSSR count). The van der Waals surface area contributed by atoms with E-state index < -0.39 is 0 Å². The molecule has 0 unspecified atom stereocenters. The first kappa shape index (κ1) is 17.5. The lowest BCUT2D eigenvalue weighted by Crippen LogP contribution is -2.34. The van der Waals surface area contributed by atoms with Gasteiger partial charge < -0.3 is 10.2 Å². The summed E-state index contributed by atoms with van der Waals surface area (Å²) in [6, 6.07) is 14.7. The normalized spacial score (nSPS) is 14.0. The Hall–Kier alpha value is -2.95. The Labute approximate surface area is 160 Å². The lowest BCUT2D eigenvalue weighted by atomic mass is 9.93. The third-order valence-corrected chi connectivity index (χ3v) is 5.15. The molecule has 138 valence electrons. The van der Waals surface area contributed by atoms with E-state index in [0.717, 1.165) is 42.4 Å². The Morgan fingerprint density at radius 2 is 1.81 bits per heavy atom. The average Bonchev–Trinajstić information content (AvgIpc) is 2.69. The Morgan fingerprint density at radius 3 is 2.56 bits per heavy atom. The van der Waals surface area contributed by atoms with Crippen molar-refractivity contribution in [3.8, 4) is 0 Å². The Kier molecular flexibility index (Phi) is 4.52. The van der Waals surface area contributed by atoms with Crippen molar-refractivity contribution in [1.29, 1.82) is 0 Å². The number of nitrogens with one attached hydrogen (secondary N) is 1. The minimum Gasteiger partial charge on any atom is -0.361 e. The van der Waals surface area contributed by atoms with Crippen LogP contribution in [-0.4, -0.2) is 21.5 Å². The maximum Gasteiger partial charge on any atom is 0.135 e. The standard InChI is InChI=1S/C22H25N5/c1-16-9-10-20(23-13-16)27-12-11-19-18(14-27)21(25-15-24-19)26-22(2,3)17-7-5-4-6-8-17/h4-10,13,15H,11-12,14H2,1-3H3,(H,24,25,26). The Bertz CT molecular complexity index is 919. The molecule has 0 spiro atoms. The molecule has 0 fully saturated rings. The number of hydrogen-bond acceptors (Lipinski definition) is 5. The van der Waals surface area contributed by atoms with Gasteiger partial charge in [-0.15, -0.1) is 0 Å². The molecule has 2 aromatic heterocycles. The second kappa shape index (κ2) is 6.99. The van der Waals surface area contributed by atoms with Crippen molar-refractivity contribution in [2.75, 3.05) is 16.8 Å². The van der Waals surface area contributed by atoms with E-state index in [1.807, 2.05) is 12.3 Å². The molecule has 0 radical (unpaired) electrons. The molecule has 3 heterocycles. The fourth-order valence-electron chi connectivity index (χ4n) is 3.51. The molecule has 5 heteroatoms. The molecule has 1 N–H and O–H groups in total. The summed E-state index contributed by atoms with van der Waals surface area (Å²) in [4.78, 5) is 16.0. The molecule has 3 aromatic rings. The maximum atomic E-state index is 4.59. The lowest BCUT2D eigenvalue weighted by Gasteiger charge is -2.33. The second-order valence-corrected chi connectivity index (χ2v) is 7.63. The summed E-state index contributed by atoms with van der Waals surface area (Å²) in [6.07, 6.45) is 4.49. The second-order valence-electron chi connectivity index (χ2n) is 7.63. The molecule has 1 aromatic carbocycles. The molecule has 0 saturated heterocycles. The monoisotopic (exact) mass is 359 g/mol. The van der Waals surface area contributed by atoms with E-state index in [1.54, 1.807) is 6.33 Å². The Morgan fingerprint density at radius 1 is 1.00 bits per heavy atom. The number of aromatic nitrogens is 3. The largest absolute Gasteiger partial charge is 0.361 e. The fraction of sp³-hybridized carbons (Fsp3) is 0.318. The van der Waals surface area contributed by atoms with E-state index >= 15 is 0 Å². The van der Waals surface area contributed by atoms with Crippen LogP contribution in [0.4, 0.5) is 11.6 Å². The van der Waals surface area contributed by atoms with Crippen molar-refractivity contribution in [3.05, 3.63) is 77.4 Å². The summed E-state index contributed by atoms with van der Waals surface area (Å²) in [6.45, 7) is 8.10. The van der Waals surface area contributed by atoms with Crippen LogP contribution < -0.4 is 10.2 Å². The molecule has 0 aliphatic carbocycles. The van der Waals surface area contributed by atoms with Crippen LogP contribution in [0.25, 0.3) is 0 Å². The maximum absolute atomic E-state index is 4.59. The SMILES string of the molecule is Cc1ccc(N2CCc3ncnc(NC(C)(C)c4ccccc4)c3C2)nc1. The van der Waals surface area contributed by atoms with E-state index in [9.17, 15) is 0 Å². The number of aryl methyl sites for hydroxylation is 1. The molecular weight excluding hydrogens is 334 g/mol. The van der Waals surface area contributed by atoms with Crippen LogP contribution >= 0.6 is 0 Å². The first-order chi connectivity index (χ1) is 13.0. The van der Waals surface area contributed by atoms with Gasteiger partial charge in [-0.2, -0.15) is 0 Å². The predicted molar refractivity (Wildman–Crippen MR) is 109 cm³/mol. The number of hydrogen-bond donors (Lipinski definition) is 1. The zero-order chi connectivity index (χ0) is 18.9. The smallest absolute Gasteiger partial charge is 0.135 e. The molecule has 0 bridgehead atoms. The molecule has 0 saturated carbocycles. The molecular formula is C22H25N5. The molecule has 1 aliphatic rings. The van der Waals surface area contributed by atoms with Gasteiger partial charge in [0, 0.05) is 31.3 Å². The first-order valence-electron chi connectivity index (χ1n) is 9.37. The third kappa shape index (κ3) is 3.63. The highest BCUT2D eigenvalue weighted by Gasteiger charge is 2.26. The van der Waals surface area contributed by atoms with Crippen LogP contribution in [-0.2, 0) is 18.5 Å². The summed E-state index contributed by atoms with van der Waals surface area (Å²) in [5.74, 6) is 1.91. The van der Waals surface area contributed by atoms with Crippen LogP contribution in [0.5, 0.6) is 0 Å². The van der Waals surface area contributed by atoms with E-state index in [4.69, 9.17) is 0 Å². The van der Waals surface area contributed by atoms with Crippen molar-refractivity contribution in [2.24, 2.45) is 0 Å². The number of nitrogens with zero attached hydrogens (tertiary/aromatic N) is 4. The van der Waals surface area contributed by atoms with Gasteiger partial charge in [-0.05, 0) is 38.0 Å². The van der Waals surface area contributed by atoms with Crippen molar-refractivity contribution in [2.45, 2.75) is 39.3 Å². The van der Waals surface area contributed by atoms with Gasteiger partial charge in [0.05, 0.1) is 11.2 Å². The molecule has 0 atom stereocenters. The molecule has 5 nitrogen and oxygen atoms in total. The first-order valence-corrected chi connectivity index (χ1v) is 9.37. The summed E-state index contributed by atoms with van der Waals surface area (Å²) in [7, 11) is 0. The summed E-state index contributed by atoms with van der Waals surface area (Å²) < 4.78 is 0. The lowest BCUT2D eigenvalue weighted by molar-refractivity contribution is 0.599. The quantitative estimate of drug-likeness (QED) is 0.760. The number of pyridine rings is 1. The number of anilines is 2. The van der Waals surface area contributed by atoms with Crippen molar-refractivity contribution >= 4 is 11.6 Å². The zero-order valence-electron chi connectivity index (χ0n) is 16.1. The van der Waals surface area contributed by atoms with Crippen LogP contribution in [0, 0.1) is 6.92 Å². The van der Waals surface area contributed by atoms with Crippen molar-refractivity contribution in [3.63, 3.8) is 0 Å². The van der Waals surface area contributed by atoms with E-state index in [2.05, 4.69) is 82.3 Å².